The molecule has 0 radical (unpaired) electrons. The van der Waals surface area contributed by atoms with Crippen LogP contribution in [-0.2, 0) is 0 Å². The normalized spacial score (nSPS) is 18.1. The second kappa shape index (κ2) is 6.36. The van der Waals surface area contributed by atoms with Crippen molar-refractivity contribution in [1.82, 2.24) is 9.97 Å². The van der Waals surface area contributed by atoms with Crippen molar-refractivity contribution in [3.05, 3.63) is 41.0 Å². The third kappa shape index (κ3) is 3.75. The van der Waals surface area contributed by atoms with Crippen LogP contribution in [0.15, 0.2) is 30.3 Å². The van der Waals surface area contributed by atoms with E-state index in [1.807, 2.05) is 24.3 Å². The van der Waals surface area contributed by atoms with Crippen molar-refractivity contribution in [2.45, 2.75) is 50.5 Å². The summed E-state index contributed by atoms with van der Waals surface area (Å²) in [4.78, 5) is 9.39. The summed E-state index contributed by atoms with van der Waals surface area (Å²) in [7, 11) is 0. The minimum atomic E-state index is 0.517. The number of nitrogens with zero attached hydrogens (tertiary/aromatic N) is 2. The van der Waals surface area contributed by atoms with Crippen molar-refractivity contribution in [3.63, 3.8) is 0 Å². The van der Waals surface area contributed by atoms with Crippen molar-refractivity contribution >= 4 is 29.1 Å². The number of aromatic nitrogens is 2. The molecule has 2 aliphatic carbocycles. The number of halogens is 1. The highest BCUT2D eigenvalue weighted by Gasteiger charge is 2.26. The zero-order valence-electron chi connectivity index (χ0n) is 13.1. The Labute approximate surface area is 141 Å². The summed E-state index contributed by atoms with van der Waals surface area (Å²) in [5.74, 6) is 2.19. The Balaban J connectivity index is 1.58. The molecule has 2 N–H and O–H groups in total. The second-order valence-corrected chi connectivity index (χ2v) is 6.97. The van der Waals surface area contributed by atoms with Gasteiger partial charge in [-0.3, -0.25) is 0 Å². The largest absolute Gasteiger partial charge is 0.351 e. The van der Waals surface area contributed by atoms with E-state index in [2.05, 4.69) is 21.7 Å². The first kappa shape index (κ1) is 14.8. The lowest BCUT2D eigenvalue weighted by molar-refractivity contribution is 0.742. The molecule has 2 aromatic rings. The third-order valence-corrected chi connectivity index (χ3v) is 4.76. The monoisotopic (exact) mass is 328 g/mol. The summed E-state index contributed by atoms with van der Waals surface area (Å²) in [6.45, 7) is 0. The minimum absolute atomic E-state index is 0.517. The van der Waals surface area contributed by atoms with Crippen LogP contribution >= 0.6 is 11.6 Å². The highest BCUT2D eigenvalue weighted by Crippen LogP contribution is 2.40. The molecule has 1 aromatic carbocycles. The molecule has 4 rings (SSSR count). The molecule has 0 aliphatic heterocycles. The molecule has 0 saturated heterocycles. The van der Waals surface area contributed by atoms with Crippen molar-refractivity contribution in [1.29, 1.82) is 0 Å². The van der Waals surface area contributed by atoms with Crippen LogP contribution < -0.4 is 10.6 Å². The van der Waals surface area contributed by atoms with E-state index < -0.39 is 0 Å². The van der Waals surface area contributed by atoms with Crippen LogP contribution in [0.4, 0.5) is 17.5 Å². The summed E-state index contributed by atoms with van der Waals surface area (Å²) in [5, 5.41) is 7.59. The Hall–Kier alpha value is -1.81. The van der Waals surface area contributed by atoms with Crippen molar-refractivity contribution in [2.24, 2.45) is 0 Å². The Morgan fingerprint density at radius 3 is 2.57 bits per heavy atom. The van der Waals surface area contributed by atoms with E-state index in [0.717, 1.165) is 28.2 Å². The topological polar surface area (TPSA) is 49.8 Å². The number of hydrogen-bond acceptors (Lipinski definition) is 4. The quantitative estimate of drug-likeness (QED) is 0.801. The molecule has 0 unspecified atom stereocenters. The Bertz CT molecular complexity index is 693. The molecular formula is C18H21ClN4. The number of nitrogens with one attached hydrogen (secondary N) is 2. The Morgan fingerprint density at radius 1 is 1.00 bits per heavy atom. The zero-order chi connectivity index (χ0) is 15.6. The van der Waals surface area contributed by atoms with Gasteiger partial charge in [0.1, 0.15) is 5.82 Å². The molecule has 0 atom stereocenters. The van der Waals surface area contributed by atoms with Gasteiger partial charge in [0.25, 0.3) is 0 Å². The van der Waals surface area contributed by atoms with Crippen LogP contribution in [0.2, 0.25) is 5.02 Å². The highest BCUT2D eigenvalue weighted by molar-refractivity contribution is 6.30. The van der Waals surface area contributed by atoms with Gasteiger partial charge in [0, 0.05) is 28.7 Å². The van der Waals surface area contributed by atoms with Gasteiger partial charge in [-0.1, -0.05) is 30.5 Å². The van der Waals surface area contributed by atoms with Crippen LogP contribution in [0.5, 0.6) is 0 Å². The van der Waals surface area contributed by atoms with E-state index in [1.54, 1.807) is 0 Å². The van der Waals surface area contributed by atoms with Gasteiger partial charge < -0.3 is 10.6 Å². The molecule has 23 heavy (non-hydrogen) atoms. The van der Waals surface area contributed by atoms with Crippen LogP contribution in [0.1, 0.15) is 50.1 Å². The summed E-state index contributed by atoms with van der Waals surface area (Å²) >= 11 is 6.06. The van der Waals surface area contributed by atoms with E-state index in [0.29, 0.717) is 12.0 Å². The number of hydrogen-bond donors (Lipinski definition) is 2. The number of anilines is 3. The fourth-order valence-electron chi connectivity index (χ4n) is 3.15. The number of benzene rings is 1. The van der Waals surface area contributed by atoms with E-state index in [1.165, 1.54) is 38.5 Å². The lowest BCUT2D eigenvalue weighted by Gasteiger charge is -2.15. The second-order valence-electron chi connectivity index (χ2n) is 6.54. The lowest BCUT2D eigenvalue weighted by Crippen LogP contribution is -2.17. The maximum atomic E-state index is 6.06. The molecule has 5 heteroatoms. The molecule has 2 saturated carbocycles. The molecule has 4 nitrogen and oxygen atoms in total. The minimum Gasteiger partial charge on any atom is -0.351 e. The van der Waals surface area contributed by atoms with Crippen molar-refractivity contribution < 1.29 is 0 Å². The van der Waals surface area contributed by atoms with Gasteiger partial charge in [0.2, 0.25) is 5.95 Å². The van der Waals surface area contributed by atoms with Gasteiger partial charge in [-0.05, 0) is 43.9 Å². The van der Waals surface area contributed by atoms with Crippen LogP contribution in [-0.4, -0.2) is 16.0 Å². The molecule has 1 heterocycles. The summed E-state index contributed by atoms with van der Waals surface area (Å²) in [6, 6.07) is 10.3. The van der Waals surface area contributed by atoms with E-state index >= 15 is 0 Å². The van der Waals surface area contributed by atoms with Gasteiger partial charge in [-0.2, -0.15) is 4.98 Å². The van der Waals surface area contributed by atoms with Crippen molar-refractivity contribution in [3.8, 4) is 0 Å². The molecule has 120 valence electrons. The van der Waals surface area contributed by atoms with Gasteiger partial charge in [-0.25, -0.2) is 4.98 Å². The fraction of sp³-hybridized carbons (Fsp3) is 0.444. The first-order valence-corrected chi connectivity index (χ1v) is 8.82. The maximum Gasteiger partial charge on any atom is 0.225 e. The predicted octanol–water partition coefficient (Wildman–Crippen LogP) is 5.11. The Morgan fingerprint density at radius 2 is 1.83 bits per heavy atom. The van der Waals surface area contributed by atoms with Crippen LogP contribution in [0.3, 0.4) is 0 Å². The smallest absolute Gasteiger partial charge is 0.225 e. The van der Waals surface area contributed by atoms with Crippen molar-refractivity contribution in [2.75, 3.05) is 10.6 Å². The first-order valence-electron chi connectivity index (χ1n) is 8.44. The van der Waals surface area contributed by atoms with E-state index in [4.69, 9.17) is 16.6 Å². The summed E-state index contributed by atoms with van der Waals surface area (Å²) in [6.07, 6.45) is 7.50. The zero-order valence-corrected chi connectivity index (χ0v) is 13.8. The van der Waals surface area contributed by atoms with Gasteiger partial charge in [-0.15, -0.1) is 0 Å². The average molecular weight is 329 g/mol. The van der Waals surface area contributed by atoms with E-state index in [-0.39, 0.29) is 0 Å². The average Bonchev–Trinajstić information content (AvgIpc) is 3.26. The summed E-state index contributed by atoms with van der Waals surface area (Å²) < 4.78 is 0. The standard InChI is InChI=1S/C18H21ClN4/c19-13-4-3-7-15(10-13)20-17-11-16(12-8-9-12)22-18(23-17)21-14-5-1-2-6-14/h3-4,7,10-12,14H,1-2,5-6,8-9H2,(H2,20,21,22,23). The predicted molar refractivity (Wildman–Crippen MR) is 94.6 cm³/mol. The van der Waals surface area contributed by atoms with Crippen LogP contribution in [0.25, 0.3) is 0 Å². The fourth-order valence-corrected chi connectivity index (χ4v) is 3.34. The summed E-state index contributed by atoms with van der Waals surface area (Å²) in [5.41, 5.74) is 2.09. The maximum absolute atomic E-state index is 6.06. The van der Waals surface area contributed by atoms with E-state index in [9.17, 15) is 0 Å². The van der Waals surface area contributed by atoms with Gasteiger partial charge >= 0.3 is 0 Å². The Kier molecular flexibility index (Phi) is 4.08. The lowest BCUT2D eigenvalue weighted by atomic mass is 10.2. The first-order chi connectivity index (χ1) is 11.3. The molecule has 2 aliphatic rings. The van der Waals surface area contributed by atoms with Gasteiger partial charge in [0.15, 0.2) is 0 Å². The highest BCUT2D eigenvalue weighted by atomic mass is 35.5. The SMILES string of the molecule is Clc1cccc(Nc2cc(C3CC3)nc(NC3CCCC3)n2)c1. The van der Waals surface area contributed by atoms with Gasteiger partial charge in [0.05, 0.1) is 5.69 Å². The molecule has 0 bridgehead atoms. The molecule has 2 fully saturated rings. The molecule has 0 amide bonds. The number of rotatable bonds is 5. The third-order valence-electron chi connectivity index (χ3n) is 4.53. The molecular weight excluding hydrogens is 308 g/mol. The molecule has 0 spiro atoms. The van der Waals surface area contributed by atoms with Crippen LogP contribution in [0, 0.1) is 0 Å². The molecule has 1 aromatic heterocycles.